The Balaban J connectivity index is 2.09. The molecule has 0 amide bonds. The number of esters is 1. The van der Waals surface area contributed by atoms with E-state index in [4.69, 9.17) is 4.74 Å². The van der Waals surface area contributed by atoms with Crippen LogP contribution in [0.15, 0.2) is 52.2 Å². The summed E-state index contributed by atoms with van der Waals surface area (Å²) in [5.41, 5.74) is 0.642. The van der Waals surface area contributed by atoms with Crippen LogP contribution in [0.1, 0.15) is 16.1 Å². The molecule has 8 nitrogen and oxygen atoms in total. The van der Waals surface area contributed by atoms with Crippen molar-refractivity contribution in [2.45, 2.75) is 13.1 Å². The smallest absolute Gasteiger partial charge is 0.339 e. The van der Waals surface area contributed by atoms with Crippen LogP contribution in [-0.2, 0) is 22.6 Å². The topological polar surface area (TPSA) is 92.4 Å². The van der Waals surface area contributed by atoms with Crippen LogP contribution in [0.25, 0.3) is 10.9 Å². The summed E-state index contributed by atoms with van der Waals surface area (Å²) in [5, 5.41) is 0.444. The number of aromatic nitrogens is 3. The van der Waals surface area contributed by atoms with Gasteiger partial charge in [-0.3, -0.25) is 18.9 Å². The second-order valence-corrected chi connectivity index (χ2v) is 5.87. The van der Waals surface area contributed by atoms with Crippen molar-refractivity contribution < 1.29 is 14.3 Å². The largest absolute Gasteiger partial charge is 0.465 e. The first-order chi connectivity index (χ1) is 13.1. The summed E-state index contributed by atoms with van der Waals surface area (Å²) in [6.45, 7) is 0.571. The highest BCUT2D eigenvalue weighted by Crippen LogP contribution is 2.10. The molecular formula is C19H19N3O5. The average molecular weight is 369 g/mol. The standard InChI is InChI=1S/C19H19N3O5/c1-26-10-9-21-17(23)15-5-3-4-6-16(15)22(19(21)25)12-14-8-7-13(11-20-14)18(24)27-2/h3-8,11H,9-10,12H2,1-2H3. The molecule has 3 aromatic rings. The van der Waals surface area contributed by atoms with Crippen molar-refractivity contribution in [2.75, 3.05) is 20.8 Å². The Hall–Kier alpha value is -3.26. The van der Waals surface area contributed by atoms with Crippen molar-refractivity contribution in [3.05, 3.63) is 74.7 Å². The molecule has 3 rings (SSSR count). The van der Waals surface area contributed by atoms with Gasteiger partial charge in [0.1, 0.15) is 0 Å². The Morgan fingerprint density at radius 3 is 2.52 bits per heavy atom. The number of rotatable bonds is 6. The predicted octanol–water partition coefficient (Wildman–Crippen LogP) is 1.04. The van der Waals surface area contributed by atoms with Gasteiger partial charge in [-0.25, -0.2) is 9.59 Å². The van der Waals surface area contributed by atoms with E-state index in [2.05, 4.69) is 9.72 Å². The lowest BCUT2D eigenvalue weighted by Gasteiger charge is -2.13. The van der Waals surface area contributed by atoms with Crippen molar-refractivity contribution in [3.8, 4) is 0 Å². The fraction of sp³-hybridized carbons (Fsp3) is 0.263. The van der Waals surface area contributed by atoms with Gasteiger partial charge in [-0.2, -0.15) is 0 Å². The summed E-state index contributed by atoms with van der Waals surface area (Å²) in [4.78, 5) is 41.3. The normalized spacial score (nSPS) is 10.9. The minimum Gasteiger partial charge on any atom is -0.465 e. The molecule has 0 bridgehead atoms. The Morgan fingerprint density at radius 1 is 1.07 bits per heavy atom. The summed E-state index contributed by atoms with van der Waals surface area (Å²) in [5.74, 6) is -0.482. The molecule has 1 aromatic carbocycles. The van der Waals surface area contributed by atoms with Crippen molar-refractivity contribution in [1.29, 1.82) is 0 Å². The van der Waals surface area contributed by atoms with Gasteiger partial charge in [0.2, 0.25) is 0 Å². The van der Waals surface area contributed by atoms with Crippen LogP contribution in [0.5, 0.6) is 0 Å². The van der Waals surface area contributed by atoms with Gasteiger partial charge in [0.25, 0.3) is 5.56 Å². The van der Waals surface area contributed by atoms with Gasteiger partial charge in [0.05, 0.1) is 49.0 Å². The highest BCUT2D eigenvalue weighted by atomic mass is 16.5. The molecule has 0 aliphatic carbocycles. The molecule has 0 saturated heterocycles. The fourth-order valence-electron chi connectivity index (χ4n) is 2.82. The van der Waals surface area contributed by atoms with Gasteiger partial charge in [0.15, 0.2) is 0 Å². The molecule has 2 aromatic heterocycles. The third-order valence-electron chi connectivity index (χ3n) is 4.22. The Kier molecular flexibility index (Phi) is 5.46. The number of para-hydroxylation sites is 1. The molecule has 0 radical (unpaired) electrons. The van der Waals surface area contributed by atoms with E-state index in [9.17, 15) is 14.4 Å². The van der Waals surface area contributed by atoms with E-state index >= 15 is 0 Å². The number of pyridine rings is 1. The first-order valence-electron chi connectivity index (χ1n) is 8.31. The number of methoxy groups -OCH3 is 2. The van der Waals surface area contributed by atoms with E-state index in [1.165, 1.54) is 25.0 Å². The monoisotopic (exact) mass is 369 g/mol. The van der Waals surface area contributed by atoms with E-state index in [1.807, 2.05) is 0 Å². The van der Waals surface area contributed by atoms with Crippen molar-refractivity contribution >= 4 is 16.9 Å². The zero-order valence-corrected chi connectivity index (χ0v) is 15.0. The number of hydrogen-bond donors (Lipinski definition) is 0. The molecule has 0 atom stereocenters. The molecule has 8 heteroatoms. The maximum atomic E-state index is 12.9. The number of nitrogens with zero attached hydrogens (tertiary/aromatic N) is 3. The lowest BCUT2D eigenvalue weighted by molar-refractivity contribution is 0.0600. The molecule has 0 unspecified atom stereocenters. The Labute approximate surface area is 154 Å². The average Bonchev–Trinajstić information content (AvgIpc) is 2.71. The molecule has 27 heavy (non-hydrogen) atoms. The summed E-state index contributed by atoms with van der Waals surface area (Å²) in [7, 11) is 2.81. The lowest BCUT2D eigenvalue weighted by Crippen LogP contribution is -2.41. The number of carbonyl (C=O) groups excluding carboxylic acids is 1. The lowest BCUT2D eigenvalue weighted by atomic mass is 10.2. The second-order valence-electron chi connectivity index (χ2n) is 5.87. The predicted molar refractivity (Wildman–Crippen MR) is 99.0 cm³/mol. The second kappa shape index (κ2) is 7.96. The van der Waals surface area contributed by atoms with E-state index in [1.54, 1.807) is 36.4 Å². The van der Waals surface area contributed by atoms with Gasteiger partial charge < -0.3 is 9.47 Å². The zero-order valence-electron chi connectivity index (χ0n) is 15.0. The molecule has 140 valence electrons. The van der Waals surface area contributed by atoms with Crippen molar-refractivity contribution in [1.82, 2.24) is 14.1 Å². The molecule has 0 N–H and O–H groups in total. The maximum absolute atomic E-state index is 12.9. The van der Waals surface area contributed by atoms with Crippen molar-refractivity contribution in [2.24, 2.45) is 0 Å². The van der Waals surface area contributed by atoms with Gasteiger partial charge >= 0.3 is 11.7 Å². The summed E-state index contributed by atoms with van der Waals surface area (Å²) >= 11 is 0. The maximum Gasteiger partial charge on any atom is 0.339 e. The van der Waals surface area contributed by atoms with Crippen LogP contribution in [0.2, 0.25) is 0 Å². The highest BCUT2D eigenvalue weighted by molar-refractivity contribution is 5.88. The van der Waals surface area contributed by atoms with E-state index < -0.39 is 11.7 Å². The van der Waals surface area contributed by atoms with E-state index in [0.29, 0.717) is 22.2 Å². The molecule has 0 aliphatic heterocycles. The number of ether oxygens (including phenoxy) is 2. The number of fused-ring (bicyclic) bond motifs is 1. The SMILES string of the molecule is COCCn1c(=O)c2ccccc2n(Cc2ccc(C(=O)OC)cn2)c1=O. The number of hydrogen-bond acceptors (Lipinski definition) is 6. The van der Waals surface area contributed by atoms with Gasteiger partial charge in [-0.05, 0) is 24.3 Å². The number of benzene rings is 1. The molecular weight excluding hydrogens is 350 g/mol. The summed E-state index contributed by atoms with van der Waals surface area (Å²) in [6, 6.07) is 10.2. The Bertz CT molecular complexity index is 1080. The van der Waals surface area contributed by atoms with Crippen LogP contribution in [0.4, 0.5) is 0 Å². The van der Waals surface area contributed by atoms with Crippen LogP contribution < -0.4 is 11.2 Å². The fourth-order valence-corrected chi connectivity index (χ4v) is 2.82. The van der Waals surface area contributed by atoms with Gasteiger partial charge in [-0.15, -0.1) is 0 Å². The molecule has 0 saturated carbocycles. The van der Waals surface area contributed by atoms with Crippen LogP contribution >= 0.6 is 0 Å². The third-order valence-corrected chi connectivity index (χ3v) is 4.22. The molecule has 0 spiro atoms. The van der Waals surface area contributed by atoms with Gasteiger partial charge in [-0.1, -0.05) is 12.1 Å². The first-order valence-corrected chi connectivity index (χ1v) is 8.31. The van der Waals surface area contributed by atoms with Crippen LogP contribution in [0.3, 0.4) is 0 Å². The molecule has 0 fully saturated rings. The minimum absolute atomic E-state index is 0.160. The Morgan fingerprint density at radius 2 is 1.85 bits per heavy atom. The summed E-state index contributed by atoms with van der Waals surface area (Å²) < 4.78 is 12.3. The summed E-state index contributed by atoms with van der Waals surface area (Å²) in [6.07, 6.45) is 1.40. The molecule has 2 heterocycles. The zero-order chi connectivity index (χ0) is 19.4. The first kappa shape index (κ1) is 18.5. The van der Waals surface area contributed by atoms with Crippen LogP contribution in [0, 0.1) is 0 Å². The number of carbonyl (C=O) groups is 1. The van der Waals surface area contributed by atoms with E-state index in [-0.39, 0.29) is 25.3 Å². The minimum atomic E-state index is -0.482. The highest BCUT2D eigenvalue weighted by Gasteiger charge is 2.14. The quantitative estimate of drug-likeness (QED) is 0.603. The van der Waals surface area contributed by atoms with E-state index in [0.717, 1.165) is 4.57 Å². The van der Waals surface area contributed by atoms with Gasteiger partial charge in [0, 0.05) is 13.3 Å². The molecule has 0 aliphatic rings. The van der Waals surface area contributed by atoms with Crippen molar-refractivity contribution in [3.63, 3.8) is 0 Å². The van der Waals surface area contributed by atoms with Crippen LogP contribution in [-0.4, -0.2) is 40.9 Å². The third kappa shape index (κ3) is 3.65.